The smallest absolute Gasteiger partial charge is 0.0547 e. The fourth-order valence-corrected chi connectivity index (χ4v) is 2.03. The molecule has 1 heterocycles. The van der Waals surface area contributed by atoms with Crippen LogP contribution in [0.25, 0.3) is 0 Å². The van der Waals surface area contributed by atoms with Crippen LogP contribution in [-0.4, -0.2) is 18.1 Å². The van der Waals surface area contributed by atoms with Crippen molar-refractivity contribution in [2.45, 2.75) is 19.8 Å². The fraction of sp³-hybridized carbons (Fsp3) is 0.312. The largest absolute Gasteiger partial charge is 0.384 e. The van der Waals surface area contributed by atoms with Crippen molar-refractivity contribution in [1.29, 1.82) is 0 Å². The quantitative estimate of drug-likeness (QED) is 0.802. The van der Waals surface area contributed by atoms with Crippen molar-refractivity contribution in [3.05, 3.63) is 53.3 Å². The van der Waals surface area contributed by atoms with Gasteiger partial charge >= 0.3 is 0 Å². The molecule has 0 aliphatic carbocycles. The summed E-state index contributed by atoms with van der Waals surface area (Å²) in [6.45, 7) is 3.99. The van der Waals surface area contributed by atoms with Gasteiger partial charge in [-0.05, 0) is 36.6 Å². The first-order chi connectivity index (χ1) is 9.78. The monoisotopic (exact) mass is 289 g/mol. The molecule has 1 aromatic heterocycles. The molecule has 0 unspecified atom stereocenters. The predicted molar refractivity (Wildman–Crippen MR) is 86.7 cm³/mol. The molecular weight excluding hydrogens is 270 g/mol. The zero-order chi connectivity index (χ0) is 14.2. The first-order valence-electron chi connectivity index (χ1n) is 6.95. The average Bonchev–Trinajstić information content (AvgIpc) is 2.48. The van der Waals surface area contributed by atoms with Crippen LogP contribution in [0.15, 0.2) is 42.7 Å². The van der Waals surface area contributed by atoms with Crippen LogP contribution < -0.4 is 10.6 Å². The van der Waals surface area contributed by atoms with Crippen LogP contribution in [0.2, 0.25) is 5.02 Å². The number of hydrogen-bond acceptors (Lipinski definition) is 3. The van der Waals surface area contributed by atoms with Gasteiger partial charge in [-0.2, -0.15) is 0 Å². The Balaban J connectivity index is 1.82. The maximum atomic E-state index is 5.87. The van der Waals surface area contributed by atoms with E-state index in [0.29, 0.717) is 0 Å². The molecule has 0 saturated carbocycles. The van der Waals surface area contributed by atoms with Crippen LogP contribution in [-0.2, 0) is 6.42 Å². The van der Waals surface area contributed by atoms with E-state index in [-0.39, 0.29) is 0 Å². The van der Waals surface area contributed by atoms with Gasteiger partial charge in [-0.3, -0.25) is 4.98 Å². The van der Waals surface area contributed by atoms with E-state index >= 15 is 0 Å². The van der Waals surface area contributed by atoms with E-state index in [9.17, 15) is 0 Å². The summed E-state index contributed by atoms with van der Waals surface area (Å²) in [5.41, 5.74) is 3.37. The van der Waals surface area contributed by atoms with Crippen LogP contribution in [0.3, 0.4) is 0 Å². The molecular formula is C16H20ClN3. The Bertz CT molecular complexity index is 526. The molecule has 3 nitrogen and oxygen atoms in total. The van der Waals surface area contributed by atoms with Crippen molar-refractivity contribution in [3.63, 3.8) is 0 Å². The second-order valence-electron chi connectivity index (χ2n) is 4.69. The molecule has 0 amide bonds. The summed E-state index contributed by atoms with van der Waals surface area (Å²) in [6, 6.07) is 10.1. The molecule has 0 aliphatic heterocycles. The predicted octanol–water partition coefficient (Wildman–Crippen LogP) is 4.21. The topological polar surface area (TPSA) is 37.0 Å². The third kappa shape index (κ3) is 4.74. The van der Waals surface area contributed by atoms with Crippen LogP contribution in [0, 0.1) is 0 Å². The number of pyridine rings is 1. The third-order valence-corrected chi connectivity index (χ3v) is 3.23. The number of nitrogens with one attached hydrogen (secondary N) is 2. The van der Waals surface area contributed by atoms with Crippen molar-refractivity contribution in [1.82, 2.24) is 4.98 Å². The van der Waals surface area contributed by atoms with Gasteiger partial charge in [0.05, 0.1) is 23.8 Å². The number of halogens is 1. The molecule has 2 N–H and O–H groups in total. The Morgan fingerprint density at radius 2 is 1.65 bits per heavy atom. The molecule has 0 bridgehead atoms. The molecule has 20 heavy (non-hydrogen) atoms. The van der Waals surface area contributed by atoms with Crippen LogP contribution in [0.1, 0.15) is 18.9 Å². The molecule has 2 aromatic rings. The maximum Gasteiger partial charge on any atom is 0.0547 e. The van der Waals surface area contributed by atoms with E-state index in [2.05, 4.69) is 40.7 Å². The minimum atomic E-state index is 0.778. The maximum absolute atomic E-state index is 5.87. The van der Waals surface area contributed by atoms with Crippen molar-refractivity contribution >= 4 is 23.0 Å². The number of anilines is 2. The molecule has 0 fully saturated rings. The summed E-state index contributed by atoms with van der Waals surface area (Å²) in [5, 5.41) is 7.50. The second-order valence-corrected chi connectivity index (χ2v) is 5.13. The fourth-order valence-electron chi connectivity index (χ4n) is 1.90. The lowest BCUT2D eigenvalue weighted by atomic mass is 10.1. The minimum absolute atomic E-state index is 0.778. The highest BCUT2D eigenvalue weighted by Crippen LogP contribution is 2.14. The highest BCUT2D eigenvalue weighted by atomic mass is 35.5. The summed E-state index contributed by atoms with van der Waals surface area (Å²) in [6.07, 6.45) is 5.76. The van der Waals surface area contributed by atoms with Crippen LogP contribution >= 0.6 is 11.6 Å². The number of hydrogen-bond donors (Lipinski definition) is 2. The van der Waals surface area contributed by atoms with Gasteiger partial charge in [-0.1, -0.05) is 30.7 Å². The Morgan fingerprint density at radius 1 is 1.00 bits per heavy atom. The zero-order valence-corrected chi connectivity index (χ0v) is 12.5. The average molecular weight is 290 g/mol. The van der Waals surface area contributed by atoms with Gasteiger partial charge in [0.1, 0.15) is 0 Å². The van der Waals surface area contributed by atoms with Crippen LogP contribution in [0.5, 0.6) is 0 Å². The van der Waals surface area contributed by atoms with Gasteiger partial charge in [0.15, 0.2) is 0 Å². The van der Waals surface area contributed by atoms with Crippen molar-refractivity contribution in [2.24, 2.45) is 0 Å². The SMILES string of the molecule is CCCNc1cncc(NCCc2ccc(Cl)cc2)c1. The molecule has 0 atom stereocenters. The summed E-state index contributed by atoms with van der Waals surface area (Å²) in [4.78, 5) is 4.23. The lowest BCUT2D eigenvalue weighted by Crippen LogP contribution is -2.06. The molecule has 1 aromatic carbocycles. The van der Waals surface area contributed by atoms with Gasteiger partial charge in [0, 0.05) is 18.1 Å². The molecule has 0 spiro atoms. The molecule has 2 rings (SSSR count). The highest BCUT2D eigenvalue weighted by Gasteiger charge is 1.97. The van der Waals surface area contributed by atoms with E-state index in [1.54, 1.807) is 0 Å². The Morgan fingerprint density at radius 3 is 2.30 bits per heavy atom. The summed E-state index contributed by atoms with van der Waals surface area (Å²) in [7, 11) is 0. The second kappa shape index (κ2) is 7.75. The third-order valence-electron chi connectivity index (χ3n) is 2.97. The van der Waals surface area contributed by atoms with Crippen molar-refractivity contribution < 1.29 is 0 Å². The van der Waals surface area contributed by atoms with E-state index in [0.717, 1.165) is 42.3 Å². The number of nitrogens with zero attached hydrogens (tertiary/aromatic N) is 1. The summed E-state index contributed by atoms with van der Waals surface area (Å²) in [5.74, 6) is 0. The molecule has 0 aliphatic rings. The Kier molecular flexibility index (Phi) is 5.69. The van der Waals surface area contributed by atoms with E-state index in [4.69, 9.17) is 11.6 Å². The van der Waals surface area contributed by atoms with Gasteiger partial charge in [0.2, 0.25) is 0 Å². The highest BCUT2D eigenvalue weighted by molar-refractivity contribution is 6.30. The molecule has 0 radical (unpaired) electrons. The molecule has 106 valence electrons. The lowest BCUT2D eigenvalue weighted by molar-refractivity contribution is 0.976. The lowest BCUT2D eigenvalue weighted by Gasteiger charge is -2.09. The first-order valence-corrected chi connectivity index (χ1v) is 7.33. The summed E-state index contributed by atoms with van der Waals surface area (Å²) < 4.78 is 0. The van der Waals surface area contributed by atoms with Gasteiger partial charge in [0.25, 0.3) is 0 Å². The van der Waals surface area contributed by atoms with Crippen molar-refractivity contribution in [2.75, 3.05) is 23.7 Å². The number of aromatic nitrogens is 1. The molecule has 4 heteroatoms. The Labute approximate surface area is 125 Å². The Hall–Kier alpha value is -1.74. The first kappa shape index (κ1) is 14.7. The van der Waals surface area contributed by atoms with Gasteiger partial charge < -0.3 is 10.6 Å². The number of benzene rings is 1. The van der Waals surface area contributed by atoms with E-state index in [1.807, 2.05) is 24.5 Å². The van der Waals surface area contributed by atoms with Gasteiger partial charge in [-0.25, -0.2) is 0 Å². The normalized spacial score (nSPS) is 10.3. The standard InChI is InChI=1S/C16H20ClN3/c1-2-8-19-15-10-16(12-18-11-15)20-9-7-13-3-5-14(17)6-4-13/h3-6,10-12,19-20H,2,7-9H2,1H3. The minimum Gasteiger partial charge on any atom is -0.384 e. The van der Waals surface area contributed by atoms with E-state index in [1.165, 1.54) is 5.56 Å². The van der Waals surface area contributed by atoms with Crippen LogP contribution in [0.4, 0.5) is 11.4 Å². The molecule has 0 saturated heterocycles. The van der Waals surface area contributed by atoms with Gasteiger partial charge in [-0.15, -0.1) is 0 Å². The number of rotatable bonds is 7. The van der Waals surface area contributed by atoms with Crippen molar-refractivity contribution in [3.8, 4) is 0 Å². The summed E-state index contributed by atoms with van der Waals surface area (Å²) >= 11 is 5.87. The zero-order valence-electron chi connectivity index (χ0n) is 11.7. The van der Waals surface area contributed by atoms with E-state index < -0.39 is 0 Å².